The summed E-state index contributed by atoms with van der Waals surface area (Å²) in [4.78, 5) is 0. The molecule has 1 aromatic rings. The van der Waals surface area contributed by atoms with Crippen LogP contribution in [0, 0.1) is 5.92 Å². The third-order valence-corrected chi connectivity index (χ3v) is 3.22. The van der Waals surface area contributed by atoms with Gasteiger partial charge in [0.15, 0.2) is 0 Å². The van der Waals surface area contributed by atoms with E-state index in [9.17, 15) is 18.3 Å². The summed E-state index contributed by atoms with van der Waals surface area (Å²) in [6, 6.07) is 6.02. The highest BCUT2D eigenvalue weighted by Gasteiger charge is 2.32. The van der Waals surface area contributed by atoms with Crippen molar-refractivity contribution >= 4 is 12.4 Å². The molecule has 1 heterocycles. The van der Waals surface area contributed by atoms with E-state index in [4.69, 9.17) is 0 Å². The summed E-state index contributed by atoms with van der Waals surface area (Å²) in [5.74, 6) is -0.122. The van der Waals surface area contributed by atoms with Crippen molar-refractivity contribution in [2.24, 2.45) is 5.92 Å². The number of nitrogens with one attached hydrogen (secondary N) is 2. The Hall–Kier alpha value is -1.02. The van der Waals surface area contributed by atoms with Crippen molar-refractivity contribution in [2.75, 3.05) is 19.6 Å². The monoisotopic (exact) mass is 326 g/mol. The summed E-state index contributed by atoms with van der Waals surface area (Å²) in [6.45, 7) is 2.05. The van der Waals surface area contributed by atoms with Crippen LogP contribution in [0.2, 0.25) is 0 Å². The van der Waals surface area contributed by atoms with E-state index < -0.39 is 12.5 Å². The van der Waals surface area contributed by atoms with Gasteiger partial charge in [-0.05, 0) is 6.07 Å². The average Bonchev–Trinajstić information content (AvgIpc) is 2.75. The molecule has 3 N–H and O–H groups in total. The van der Waals surface area contributed by atoms with Gasteiger partial charge in [0.2, 0.25) is 0 Å². The normalized spacial score (nSPS) is 21.9. The number of halogens is 4. The van der Waals surface area contributed by atoms with Gasteiger partial charge in [0.25, 0.3) is 0 Å². The average molecular weight is 327 g/mol. The van der Waals surface area contributed by atoms with Crippen LogP contribution in [-0.4, -0.2) is 37.2 Å². The summed E-state index contributed by atoms with van der Waals surface area (Å²) in [6.07, 6.45) is -5.11. The first-order chi connectivity index (χ1) is 9.46. The third kappa shape index (κ3) is 5.70. The van der Waals surface area contributed by atoms with Crippen LogP contribution in [0.15, 0.2) is 24.3 Å². The lowest BCUT2D eigenvalue weighted by Crippen LogP contribution is -2.30. The van der Waals surface area contributed by atoms with Gasteiger partial charge in [0.05, 0.1) is 6.10 Å². The summed E-state index contributed by atoms with van der Waals surface area (Å²) in [5.41, 5.74) is 0.435. The zero-order valence-electron chi connectivity index (χ0n) is 11.2. The van der Waals surface area contributed by atoms with Gasteiger partial charge in [-0.1, -0.05) is 18.2 Å². The van der Waals surface area contributed by atoms with E-state index in [1.165, 1.54) is 12.1 Å². The van der Waals surface area contributed by atoms with E-state index in [0.717, 1.165) is 0 Å². The van der Waals surface area contributed by atoms with Crippen LogP contribution in [0.3, 0.4) is 0 Å². The van der Waals surface area contributed by atoms with Gasteiger partial charge in [-0.15, -0.1) is 25.6 Å². The minimum atomic E-state index is -4.69. The van der Waals surface area contributed by atoms with E-state index in [1.54, 1.807) is 12.1 Å². The minimum Gasteiger partial charge on any atom is -0.405 e. The smallest absolute Gasteiger partial charge is 0.405 e. The van der Waals surface area contributed by atoms with Crippen LogP contribution in [0.4, 0.5) is 13.2 Å². The number of hydrogen-bond acceptors (Lipinski definition) is 4. The molecule has 120 valence electrons. The Labute approximate surface area is 127 Å². The molecule has 0 amide bonds. The molecule has 0 aliphatic carbocycles. The highest BCUT2D eigenvalue weighted by molar-refractivity contribution is 5.85. The van der Waals surface area contributed by atoms with E-state index >= 15 is 0 Å². The number of benzene rings is 1. The highest BCUT2D eigenvalue weighted by Crippen LogP contribution is 2.26. The second kappa shape index (κ2) is 7.84. The summed E-state index contributed by atoms with van der Waals surface area (Å²) >= 11 is 0. The molecular weight excluding hydrogens is 309 g/mol. The van der Waals surface area contributed by atoms with Crippen molar-refractivity contribution in [2.45, 2.75) is 19.0 Å². The summed E-state index contributed by atoms with van der Waals surface area (Å²) in [7, 11) is 0. The quantitative estimate of drug-likeness (QED) is 0.770. The Morgan fingerprint density at radius 1 is 1.29 bits per heavy atom. The zero-order chi connectivity index (χ0) is 14.6. The van der Waals surface area contributed by atoms with Gasteiger partial charge in [0.1, 0.15) is 5.75 Å². The van der Waals surface area contributed by atoms with Gasteiger partial charge >= 0.3 is 6.36 Å². The van der Waals surface area contributed by atoms with Gasteiger partial charge in [0, 0.05) is 37.7 Å². The largest absolute Gasteiger partial charge is 0.573 e. The third-order valence-electron chi connectivity index (χ3n) is 3.22. The SMILES string of the molecule is Cl.OC1CNCC1CNCc1ccccc1OC(F)(F)F. The standard InChI is InChI=1S/C13H17F3N2O2.ClH/c14-13(15,16)20-12-4-2-1-3-9(12)5-17-6-10-7-18-8-11(10)19;/h1-4,10-11,17-19H,5-8H2;1H. The molecule has 1 aliphatic rings. The Balaban J connectivity index is 0.00000220. The molecule has 2 unspecified atom stereocenters. The van der Waals surface area contributed by atoms with Crippen LogP contribution in [0.25, 0.3) is 0 Å². The van der Waals surface area contributed by atoms with E-state index in [-0.39, 0.29) is 30.6 Å². The number of ether oxygens (including phenoxy) is 1. The number of β-amino-alcohol motifs (C(OH)–C–C–N with tert-alkyl or cyclic N) is 1. The van der Waals surface area contributed by atoms with Gasteiger partial charge in [-0.3, -0.25) is 0 Å². The second-order valence-corrected chi connectivity index (χ2v) is 4.77. The first-order valence-electron chi connectivity index (χ1n) is 6.39. The molecule has 8 heteroatoms. The molecule has 1 aromatic carbocycles. The van der Waals surface area contributed by atoms with Crippen LogP contribution in [-0.2, 0) is 6.54 Å². The highest BCUT2D eigenvalue weighted by atomic mass is 35.5. The van der Waals surface area contributed by atoms with Crippen LogP contribution >= 0.6 is 12.4 Å². The second-order valence-electron chi connectivity index (χ2n) is 4.77. The van der Waals surface area contributed by atoms with E-state index in [0.29, 0.717) is 25.2 Å². The van der Waals surface area contributed by atoms with Crippen molar-refractivity contribution < 1.29 is 23.0 Å². The molecule has 1 aliphatic heterocycles. The van der Waals surface area contributed by atoms with Gasteiger partial charge < -0.3 is 20.5 Å². The predicted molar refractivity (Wildman–Crippen MR) is 74.4 cm³/mol. The maximum atomic E-state index is 12.3. The van der Waals surface area contributed by atoms with Gasteiger partial charge in [-0.2, -0.15) is 0 Å². The van der Waals surface area contributed by atoms with Crippen molar-refractivity contribution in [3.05, 3.63) is 29.8 Å². The molecule has 2 rings (SSSR count). The number of rotatable bonds is 5. The minimum absolute atomic E-state index is 0. The molecule has 4 nitrogen and oxygen atoms in total. The summed E-state index contributed by atoms with van der Waals surface area (Å²) < 4.78 is 40.7. The molecule has 0 radical (unpaired) electrons. The van der Waals surface area contributed by atoms with Crippen molar-refractivity contribution in [1.82, 2.24) is 10.6 Å². The molecule has 0 spiro atoms. The Bertz CT molecular complexity index is 446. The number of hydrogen-bond donors (Lipinski definition) is 3. The first-order valence-corrected chi connectivity index (χ1v) is 6.39. The zero-order valence-corrected chi connectivity index (χ0v) is 12.0. The fourth-order valence-corrected chi connectivity index (χ4v) is 2.19. The number of aliphatic hydroxyl groups excluding tert-OH is 1. The Morgan fingerprint density at radius 3 is 2.62 bits per heavy atom. The molecule has 1 fully saturated rings. The molecule has 1 saturated heterocycles. The fraction of sp³-hybridized carbons (Fsp3) is 0.538. The molecule has 21 heavy (non-hydrogen) atoms. The van der Waals surface area contributed by atoms with Crippen molar-refractivity contribution in [3.8, 4) is 5.75 Å². The topological polar surface area (TPSA) is 53.5 Å². The lowest BCUT2D eigenvalue weighted by Gasteiger charge is -2.16. The Morgan fingerprint density at radius 2 is 2.00 bits per heavy atom. The van der Waals surface area contributed by atoms with Crippen LogP contribution < -0.4 is 15.4 Å². The van der Waals surface area contributed by atoms with Crippen LogP contribution in [0.1, 0.15) is 5.56 Å². The van der Waals surface area contributed by atoms with E-state index in [1.807, 2.05) is 0 Å². The maximum absolute atomic E-state index is 12.3. The first kappa shape index (κ1) is 18.0. The number of alkyl halides is 3. The molecule has 2 atom stereocenters. The maximum Gasteiger partial charge on any atom is 0.573 e. The van der Waals surface area contributed by atoms with Gasteiger partial charge in [-0.25, -0.2) is 0 Å². The molecule has 0 saturated carbocycles. The van der Waals surface area contributed by atoms with Crippen molar-refractivity contribution in [3.63, 3.8) is 0 Å². The molecular formula is C13H18ClF3N2O2. The molecule has 0 bridgehead atoms. The molecule has 0 aromatic heterocycles. The summed E-state index contributed by atoms with van der Waals surface area (Å²) in [5, 5.41) is 15.7. The number of para-hydroxylation sites is 1. The number of aliphatic hydroxyl groups is 1. The predicted octanol–water partition coefficient (Wildman–Crippen LogP) is 1.68. The lowest BCUT2D eigenvalue weighted by molar-refractivity contribution is -0.274. The van der Waals surface area contributed by atoms with Crippen molar-refractivity contribution in [1.29, 1.82) is 0 Å². The lowest BCUT2D eigenvalue weighted by atomic mass is 10.1. The Kier molecular flexibility index (Phi) is 6.73. The van der Waals surface area contributed by atoms with Crippen LogP contribution in [0.5, 0.6) is 5.75 Å². The van der Waals surface area contributed by atoms with E-state index in [2.05, 4.69) is 15.4 Å². The fourth-order valence-electron chi connectivity index (χ4n) is 2.19.